The van der Waals surface area contributed by atoms with Crippen molar-refractivity contribution in [3.8, 4) is 5.75 Å². The summed E-state index contributed by atoms with van der Waals surface area (Å²) in [5.74, 6) is 1.00. The van der Waals surface area contributed by atoms with E-state index in [0.717, 1.165) is 51.2 Å². The molecule has 0 spiro atoms. The van der Waals surface area contributed by atoms with Gasteiger partial charge in [0.15, 0.2) is 0 Å². The number of hydrogen-bond donors (Lipinski definition) is 1. The second-order valence-corrected chi connectivity index (χ2v) is 7.76. The first kappa shape index (κ1) is 17.7. The Hall–Kier alpha value is -1.10. The van der Waals surface area contributed by atoms with Crippen LogP contribution < -0.4 is 4.74 Å². The van der Waals surface area contributed by atoms with Crippen molar-refractivity contribution in [1.29, 1.82) is 0 Å². The quantitative estimate of drug-likeness (QED) is 0.899. The summed E-state index contributed by atoms with van der Waals surface area (Å²) in [7, 11) is 1.76. The van der Waals surface area contributed by atoms with E-state index in [4.69, 9.17) is 4.74 Å². The molecule has 134 valence electrons. The molecule has 1 N–H and O–H groups in total. The Morgan fingerprint density at radius 2 is 1.71 bits per heavy atom. The molecular formula is C20H32N2O2. The number of likely N-dealkylation sites (tertiary alicyclic amines) is 2. The minimum absolute atomic E-state index is 0.491. The van der Waals surface area contributed by atoms with Gasteiger partial charge in [-0.3, -0.25) is 9.80 Å². The van der Waals surface area contributed by atoms with Crippen molar-refractivity contribution in [3.63, 3.8) is 0 Å². The third-order valence-corrected chi connectivity index (χ3v) is 5.50. The van der Waals surface area contributed by atoms with Gasteiger partial charge in [0.05, 0.1) is 12.7 Å². The van der Waals surface area contributed by atoms with E-state index in [2.05, 4.69) is 28.0 Å². The average molecular weight is 332 g/mol. The predicted octanol–water partition coefficient (Wildman–Crippen LogP) is 3.03. The Morgan fingerprint density at radius 1 is 1.00 bits per heavy atom. The van der Waals surface area contributed by atoms with Crippen molar-refractivity contribution in [1.82, 2.24) is 9.80 Å². The van der Waals surface area contributed by atoms with Gasteiger partial charge in [0.2, 0.25) is 0 Å². The first-order chi connectivity index (χ1) is 11.6. The van der Waals surface area contributed by atoms with Gasteiger partial charge in [0, 0.05) is 25.2 Å². The molecule has 1 aromatic carbocycles. The summed E-state index contributed by atoms with van der Waals surface area (Å²) < 4.78 is 5.57. The SMILES string of the molecule is COc1ccc(CN2CCCC(C)(O)CC2)cc1CN1CCCC1. The zero-order valence-corrected chi connectivity index (χ0v) is 15.3. The molecule has 0 saturated carbocycles. The molecule has 0 radical (unpaired) electrons. The normalized spacial score (nSPS) is 26.5. The van der Waals surface area contributed by atoms with Crippen LogP contribution in [-0.4, -0.2) is 53.8 Å². The molecule has 2 saturated heterocycles. The molecule has 0 amide bonds. The minimum Gasteiger partial charge on any atom is -0.496 e. The molecule has 2 aliphatic rings. The van der Waals surface area contributed by atoms with Crippen LogP contribution in [0.5, 0.6) is 5.75 Å². The van der Waals surface area contributed by atoms with Crippen LogP contribution in [-0.2, 0) is 13.1 Å². The summed E-state index contributed by atoms with van der Waals surface area (Å²) in [5.41, 5.74) is 2.17. The molecule has 2 fully saturated rings. The van der Waals surface area contributed by atoms with Gasteiger partial charge in [-0.1, -0.05) is 6.07 Å². The van der Waals surface area contributed by atoms with Crippen LogP contribution in [0.4, 0.5) is 0 Å². The summed E-state index contributed by atoms with van der Waals surface area (Å²) in [6, 6.07) is 6.63. The number of rotatable bonds is 5. The van der Waals surface area contributed by atoms with E-state index in [1.165, 1.54) is 37.1 Å². The molecule has 4 nitrogen and oxygen atoms in total. The van der Waals surface area contributed by atoms with Gasteiger partial charge in [-0.25, -0.2) is 0 Å². The van der Waals surface area contributed by atoms with Crippen molar-refractivity contribution in [2.45, 2.75) is 57.7 Å². The first-order valence-corrected chi connectivity index (χ1v) is 9.39. The van der Waals surface area contributed by atoms with E-state index in [1.807, 2.05) is 6.92 Å². The second-order valence-electron chi connectivity index (χ2n) is 7.76. The van der Waals surface area contributed by atoms with Gasteiger partial charge in [0.1, 0.15) is 5.75 Å². The van der Waals surface area contributed by atoms with E-state index in [-0.39, 0.29) is 0 Å². The van der Waals surface area contributed by atoms with E-state index < -0.39 is 5.60 Å². The van der Waals surface area contributed by atoms with E-state index in [1.54, 1.807) is 7.11 Å². The van der Waals surface area contributed by atoms with Crippen LogP contribution in [0.15, 0.2) is 18.2 Å². The Labute approximate surface area is 146 Å². The number of aliphatic hydroxyl groups is 1. The van der Waals surface area contributed by atoms with Crippen LogP contribution in [0.25, 0.3) is 0 Å². The van der Waals surface area contributed by atoms with Crippen LogP contribution in [0.3, 0.4) is 0 Å². The number of nitrogens with zero attached hydrogens (tertiary/aromatic N) is 2. The van der Waals surface area contributed by atoms with Crippen LogP contribution >= 0.6 is 0 Å². The lowest BCUT2D eigenvalue weighted by atomic mass is 9.98. The lowest BCUT2D eigenvalue weighted by molar-refractivity contribution is 0.0444. The highest BCUT2D eigenvalue weighted by Gasteiger charge is 2.25. The zero-order chi connectivity index (χ0) is 17.0. The Morgan fingerprint density at radius 3 is 2.46 bits per heavy atom. The van der Waals surface area contributed by atoms with Crippen LogP contribution in [0, 0.1) is 0 Å². The summed E-state index contributed by atoms with van der Waals surface area (Å²) >= 11 is 0. The fourth-order valence-electron chi connectivity index (χ4n) is 3.97. The Bertz CT molecular complexity index is 538. The maximum absolute atomic E-state index is 10.3. The monoisotopic (exact) mass is 332 g/mol. The summed E-state index contributed by atoms with van der Waals surface area (Å²) in [6.45, 7) is 8.38. The Balaban J connectivity index is 1.66. The van der Waals surface area contributed by atoms with Crippen LogP contribution in [0.2, 0.25) is 0 Å². The molecule has 2 aliphatic heterocycles. The molecule has 24 heavy (non-hydrogen) atoms. The zero-order valence-electron chi connectivity index (χ0n) is 15.3. The molecular weight excluding hydrogens is 300 g/mol. The number of ether oxygens (including phenoxy) is 1. The second kappa shape index (κ2) is 7.85. The number of benzene rings is 1. The molecule has 1 unspecified atom stereocenters. The van der Waals surface area contributed by atoms with E-state index in [9.17, 15) is 5.11 Å². The van der Waals surface area contributed by atoms with Crippen molar-refractivity contribution in [3.05, 3.63) is 29.3 Å². The highest BCUT2D eigenvalue weighted by atomic mass is 16.5. The summed E-state index contributed by atoms with van der Waals surface area (Å²) in [4.78, 5) is 4.99. The minimum atomic E-state index is -0.491. The molecule has 3 rings (SSSR count). The molecule has 1 atom stereocenters. The van der Waals surface area contributed by atoms with Gasteiger partial charge in [-0.05, 0) is 76.4 Å². The standard InChI is InChI=1S/C20H32N2O2/c1-20(23)8-5-12-22(13-9-20)15-17-6-7-19(24-2)18(14-17)16-21-10-3-4-11-21/h6-7,14,23H,3-5,8-13,15-16H2,1-2H3. The van der Waals surface area contributed by atoms with Gasteiger partial charge < -0.3 is 9.84 Å². The molecule has 2 heterocycles. The molecule has 0 aromatic heterocycles. The lowest BCUT2D eigenvalue weighted by Gasteiger charge is -2.23. The summed E-state index contributed by atoms with van der Waals surface area (Å²) in [5, 5.41) is 10.3. The van der Waals surface area contributed by atoms with Gasteiger partial charge >= 0.3 is 0 Å². The fourth-order valence-corrected chi connectivity index (χ4v) is 3.97. The average Bonchev–Trinajstić information content (AvgIpc) is 2.99. The van der Waals surface area contributed by atoms with Crippen molar-refractivity contribution in [2.75, 3.05) is 33.3 Å². The van der Waals surface area contributed by atoms with E-state index >= 15 is 0 Å². The lowest BCUT2D eigenvalue weighted by Crippen LogP contribution is -2.28. The third-order valence-electron chi connectivity index (χ3n) is 5.50. The Kier molecular flexibility index (Phi) is 5.80. The smallest absolute Gasteiger partial charge is 0.123 e. The highest BCUT2D eigenvalue weighted by molar-refractivity contribution is 5.37. The molecule has 0 aliphatic carbocycles. The van der Waals surface area contributed by atoms with Crippen LogP contribution in [0.1, 0.15) is 50.2 Å². The third kappa shape index (κ3) is 4.71. The number of hydrogen-bond acceptors (Lipinski definition) is 4. The highest BCUT2D eigenvalue weighted by Crippen LogP contribution is 2.26. The topological polar surface area (TPSA) is 35.9 Å². The maximum Gasteiger partial charge on any atom is 0.123 e. The van der Waals surface area contributed by atoms with Gasteiger partial charge in [0.25, 0.3) is 0 Å². The first-order valence-electron chi connectivity index (χ1n) is 9.39. The van der Waals surface area contributed by atoms with E-state index in [0.29, 0.717) is 0 Å². The largest absolute Gasteiger partial charge is 0.496 e. The summed E-state index contributed by atoms with van der Waals surface area (Å²) in [6.07, 6.45) is 5.48. The number of methoxy groups -OCH3 is 1. The van der Waals surface area contributed by atoms with Gasteiger partial charge in [-0.15, -0.1) is 0 Å². The predicted molar refractivity (Wildman–Crippen MR) is 97.3 cm³/mol. The maximum atomic E-state index is 10.3. The van der Waals surface area contributed by atoms with Crippen molar-refractivity contribution < 1.29 is 9.84 Å². The van der Waals surface area contributed by atoms with Crippen molar-refractivity contribution >= 4 is 0 Å². The molecule has 0 bridgehead atoms. The fraction of sp³-hybridized carbons (Fsp3) is 0.700. The molecule has 1 aromatic rings. The van der Waals surface area contributed by atoms with Gasteiger partial charge in [-0.2, -0.15) is 0 Å². The van der Waals surface area contributed by atoms with Crippen molar-refractivity contribution in [2.24, 2.45) is 0 Å². The molecule has 4 heteroatoms.